The number of thiazole rings is 1. The minimum atomic E-state index is 0.358. The van der Waals surface area contributed by atoms with Gasteiger partial charge >= 0.3 is 0 Å². The van der Waals surface area contributed by atoms with Crippen LogP contribution in [0.4, 0.5) is 0 Å². The zero-order valence-electron chi connectivity index (χ0n) is 12.3. The maximum atomic E-state index is 5.85. The molecule has 0 amide bonds. The van der Waals surface area contributed by atoms with Crippen molar-refractivity contribution in [2.24, 2.45) is 0 Å². The lowest BCUT2D eigenvalue weighted by Crippen LogP contribution is -2.24. The number of halogens is 1. The van der Waals surface area contributed by atoms with Gasteiger partial charge in [-0.25, -0.2) is 4.98 Å². The molecule has 0 aliphatic rings. The monoisotopic (exact) mass is 308 g/mol. The van der Waals surface area contributed by atoms with Crippen molar-refractivity contribution in [2.75, 3.05) is 7.05 Å². The van der Waals surface area contributed by atoms with Crippen LogP contribution in [0.5, 0.6) is 0 Å². The van der Waals surface area contributed by atoms with Gasteiger partial charge in [0.1, 0.15) is 5.01 Å². The highest BCUT2D eigenvalue weighted by atomic mass is 35.5. The summed E-state index contributed by atoms with van der Waals surface area (Å²) in [6, 6.07) is 8.91. The molecule has 0 bridgehead atoms. The molecule has 108 valence electrons. The molecule has 2 aromatic rings. The fraction of sp³-hybridized carbons (Fsp3) is 0.438. The Morgan fingerprint density at radius 3 is 2.70 bits per heavy atom. The standard InChI is InChI=1S/C16H21ClN2S/c1-4-15(16-18-14(9-17)11-20-16)19(3)10-13-8-6-5-7-12(13)2/h5-8,11,15H,4,9-10H2,1-3H3. The second-order valence-corrected chi connectivity index (χ2v) is 6.23. The molecule has 2 rings (SSSR count). The van der Waals surface area contributed by atoms with Gasteiger partial charge in [0.05, 0.1) is 17.6 Å². The number of hydrogen-bond donors (Lipinski definition) is 0. The van der Waals surface area contributed by atoms with E-state index < -0.39 is 0 Å². The Labute approximate surface area is 130 Å². The van der Waals surface area contributed by atoms with E-state index in [1.165, 1.54) is 16.1 Å². The zero-order valence-corrected chi connectivity index (χ0v) is 13.8. The van der Waals surface area contributed by atoms with Gasteiger partial charge in [0.25, 0.3) is 0 Å². The van der Waals surface area contributed by atoms with E-state index in [1.54, 1.807) is 11.3 Å². The summed E-state index contributed by atoms with van der Waals surface area (Å²) in [5, 5.41) is 3.23. The minimum Gasteiger partial charge on any atom is -0.293 e. The van der Waals surface area contributed by atoms with Crippen molar-refractivity contribution in [2.45, 2.75) is 38.7 Å². The summed E-state index contributed by atoms with van der Waals surface area (Å²) in [4.78, 5) is 7.00. The Hall–Kier alpha value is -0.900. The average Bonchev–Trinajstić information content (AvgIpc) is 2.91. The van der Waals surface area contributed by atoms with Crippen molar-refractivity contribution >= 4 is 22.9 Å². The van der Waals surface area contributed by atoms with Crippen LogP contribution in [0.15, 0.2) is 29.6 Å². The molecule has 0 radical (unpaired) electrons. The second-order valence-electron chi connectivity index (χ2n) is 5.08. The molecule has 0 saturated heterocycles. The summed E-state index contributed by atoms with van der Waals surface area (Å²) in [6.07, 6.45) is 1.05. The third-order valence-corrected chi connectivity index (χ3v) is 4.86. The summed E-state index contributed by atoms with van der Waals surface area (Å²) in [5.41, 5.74) is 3.70. The first-order valence-electron chi connectivity index (χ1n) is 6.90. The van der Waals surface area contributed by atoms with Crippen LogP contribution >= 0.6 is 22.9 Å². The molecule has 1 heterocycles. The zero-order chi connectivity index (χ0) is 14.5. The lowest BCUT2D eigenvalue weighted by Gasteiger charge is -2.26. The predicted molar refractivity (Wildman–Crippen MR) is 87.3 cm³/mol. The third-order valence-electron chi connectivity index (χ3n) is 3.59. The van der Waals surface area contributed by atoms with E-state index in [9.17, 15) is 0 Å². The fourth-order valence-corrected chi connectivity index (χ4v) is 3.67. The van der Waals surface area contributed by atoms with Gasteiger partial charge in [0.2, 0.25) is 0 Å². The van der Waals surface area contributed by atoms with Gasteiger partial charge in [-0.15, -0.1) is 22.9 Å². The van der Waals surface area contributed by atoms with Crippen molar-refractivity contribution in [1.82, 2.24) is 9.88 Å². The van der Waals surface area contributed by atoms with Crippen LogP contribution in [0.3, 0.4) is 0 Å². The van der Waals surface area contributed by atoms with Gasteiger partial charge in [-0.3, -0.25) is 4.90 Å². The Morgan fingerprint density at radius 2 is 2.10 bits per heavy atom. The van der Waals surface area contributed by atoms with Gasteiger partial charge < -0.3 is 0 Å². The average molecular weight is 309 g/mol. The highest BCUT2D eigenvalue weighted by Crippen LogP contribution is 2.28. The van der Waals surface area contributed by atoms with Gasteiger partial charge in [0, 0.05) is 11.9 Å². The molecule has 0 spiro atoms. The van der Waals surface area contributed by atoms with Gasteiger partial charge in [-0.1, -0.05) is 31.2 Å². The van der Waals surface area contributed by atoms with Crippen LogP contribution in [0.2, 0.25) is 0 Å². The van der Waals surface area contributed by atoms with Crippen molar-refractivity contribution in [3.8, 4) is 0 Å². The molecule has 4 heteroatoms. The Bertz CT molecular complexity index is 553. The van der Waals surface area contributed by atoms with Crippen molar-refractivity contribution in [1.29, 1.82) is 0 Å². The lowest BCUT2D eigenvalue weighted by molar-refractivity contribution is 0.229. The summed E-state index contributed by atoms with van der Waals surface area (Å²) >= 11 is 7.56. The van der Waals surface area contributed by atoms with E-state index in [1.807, 2.05) is 0 Å². The van der Waals surface area contributed by atoms with Crippen LogP contribution in [0.1, 0.15) is 41.2 Å². The van der Waals surface area contributed by atoms with Crippen molar-refractivity contribution in [3.05, 3.63) is 51.5 Å². The molecule has 0 aliphatic heterocycles. The molecule has 0 saturated carbocycles. The summed E-state index contributed by atoms with van der Waals surface area (Å²) < 4.78 is 0. The first-order valence-corrected chi connectivity index (χ1v) is 8.32. The number of benzene rings is 1. The van der Waals surface area contributed by atoms with Crippen molar-refractivity contribution in [3.63, 3.8) is 0 Å². The Balaban J connectivity index is 2.13. The first kappa shape index (κ1) is 15.5. The number of rotatable bonds is 6. The molecule has 1 aromatic heterocycles. The molecule has 2 nitrogen and oxygen atoms in total. The van der Waals surface area contributed by atoms with Crippen LogP contribution in [0, 0.1) is 6.92 Å². The topological polar surface area (TPSA) is 16.1 Å². The maximum Gasteiger partial charge on any atom is 0.110 e. The SMILES string of the molecule is CCC(c1nc(CCl)cs1)N(C)Cc1ccccc1C. The molecule has 1 aromatic carbocycles. The van der Waals surface area contributed by atoms with Gasteiger partial charge in [-0.05, 0) is 31.5 Å². The number of alkyl halides is 1. The van der Waals surface area contributed by atoms with E-state index in [0.29, 0.717) is 11.9 Å². The lowest BCUT2D eigenvalue weighted by atomic mass is 10.1. The van der Waals surface area contributed by atoms with E-state index in [2.05, 4.69) is 60.4 Å². The molecule has 1 atom stereocenters. The molecule has 1 unspecified atom stereocenters. The summed E-state index contributed by atoms with van der Waals surface area (Å²) in [7, 11) is 2.17. The quantitative estimate of drug-likeness (QED) is 0.714. The highest BCUT2D eigenvalue weighted by molar-refractivity contribution is 7.09. The number of nitrogens with zero attached hydrogens (tertiary/aromatic N) is 2. The highest BCUT2D eigenvalue weighted by Gasteiger charge is 2.19. The van der Waals surface area contributed by atoms with Crippen molar-refractivity contribution < 1.29 is 0 Å². The maximum absolute atomic E-state index is 5.85. The predicted octanol–water partition coefficient (Wildman–Crippen LogP) is 4.77. The molecular formula is C16H21ClN2S. The van der Waals surface area contributed by atoms with E-state index >= 15 is 0 Å². The number of aryl methyl sites for hydroxylation is 1. The van der Waals surface area contributed by atoms with Gasteiger partial charge in [-0.2, -0.15) is 0 Å². The van der Waals surface area contributed by atoms with Gasteiger partial charge in [0.15, 0.2) is 0 Å². The van der Waals surface area contributed by atoms with Crippen LogP contribution in [-0.4, -0.2) is 16.9 Å². The molecule has 20 heavy (non-hydrogen) atoms. The second kappa shape index (κ2) is 7.21. The van der Waals surface area contributed by atoms with E-state index in [-0.39, 0.29) is 0 Å². The molecule has 0 aliphatic carbocycles. The smallest absolute Gasteiger partial charge is 0.110 e. The number of aromatic nitrogens is 1. The molecule has 0 fully saturated rings. The van der Waals surface area contributed by atoms with E-state index in [4.69, 9.17) is 11.6 Å². The summed E-state index contributed by atoms with van der Waals surface area (Å²) in [5.74, 6) is 0.494. The van der Waals surface area contributed by atoms with Crippen LogP contribution in [0.25, 0.3) is 0 Å². The normalized spacial score (nSPS) is 12.8. The third kappa shape index (κ3) is 3.60. The molecule has 0 N–H and O–H groups in total. The Morgan fingerprint density at radius 1 is 1.35 bits per heavy atom. The molecular weight excluding hydrogens is 288 g/mol. The van der Waals surface area contributed by atoms with Crippen LogP contribution in [-0.2, 0) is 12.4 Å². The Kier molecular flexibility index (Phi) is 5.58. The largest absolute Gasteiger partial charge is 0.293 e. The minimum absolute atomic E-state index is 0.358. The number of hydrogen-bond acceptors (Lipinski definition) is 3. The first-order chi connectivity index (χ1) is 9.65. The fourth-order valence-electron chi connectivity index (χ4n) is 2.38. The summed E-state index contributed by atoms with van der Waals surface area (Å²) in [6.45, 7) is 5.32. The van der Waals surface area contributed by atoms with Crippen LogP contribution < -0.4 is 0 Å². The van der Waals surface area contributed by atoms with E-state index in [0.717, 1.165) is 18.7 Å².